The van der Waals surface area contributed by atoms with Gasteiger partial charge in [-0.1, -0.05) is 42.5 Å². The van der Waals surface area contributed by atoms with Crippen LogP contribution in [0.5, 0.6) is 0 Å². The molecule has 0 bridgehead atoms. The molecular formula is C15H16FNO2. The molecule has 3 nitrogen and oxygen atoms in total. The van der Waals surface area contributed by atoms with Crippen molar-refractivity contribution in [3.8, 4) is 0 Å². The normalized spacial score (nSPS) is 14.5. The Kier molecular flexibility index (Phi) is 3.53. The summed E-state index contributed by atoms with van der Waals surface area (Å²) in [7, 11) is 0. The van der Waals surface area contributed by atoms with Gasteiger partial charge in [0.15, 0.2) is 5.54 Å². The van der Waals surface area contributed by atoms with Crippen molar-refractivity contribution < 1.29 is 14.4 Å². The number of carbonyl (C=O) groups is 1. The largest absolute Gasteiger partial charge is 0.480 e. The smallest absolute Gasteiger partial charge is 0.331 e. The average Bonchev–Trinajstić information content (AvgIpc) is 2.44. The predicted octanol–water partition coefficient (Wildman–Crippen LogP) is 3.35. The van der Waals surface area contributed by atoms with Crippen LogP contribution in [0.3, 0.4) is 0 Å². The van der Waals surface area contributed by atoms with E-state index in [4.69, 9.17) is 0 Å². The number of fused-ring (bicyclic) bond motifs is 1. The summed E-state index contributed by atoms with van der Waals surface area (Å²) in [6.07, 6.45) is 0. The van der Waals surface area contributed by atoms with Crippen molar-refractivity contribution in [2.75, 3.05) is 6.54 Å². The Labute approximate surface area is 111 Å². The van der Waals surface area contributed by atoms with E-state index in [0.717, 1.165) is 10.8 Å². The van der Waals surface area contributed by atoms with E-state index in [0.29, 0.717) is 10.7 Å². The zero-order valence-electron chi connectivity index (χ0n) is 10.9. The second kappa shape index (κ2) is 4.97. The van der Waals surface area contributed by atoms with Crippen LogP contribution in [0.15, 0.2) is 42.5 Å². The summed E-state index contributed by atoms with van der Waals surface area (Å²) in [6, 6.07) is 12.7. The highest BCUT2D eigenvalue weighted by Gasteiger charge is 2.42. The van der Waals surface area contributed by atoms with Crippen LogP contribution in [0, 0.1) is 0 Å². The van der Waals surface area contributed by atoms with Gasteiger partial charge in [-0.05, 0) is 30.2 Å². The van der Waals surface area contributed by atoms with Crippen molar-refractivity contribution in [3.63, 3.8) is 0 Å². The fraction of sp³-hybridized carbons (Fsp3) is 0.267. The molecule has 2 rings (SSSR count). The second-order valence-corrected chi connectivity index (χ2v) is 4.58. The van der Waals surface area contributed by atoms with E-state index in [-0.39, 0.29) is 6.54 Å². The number of carboxylic acids is 1. The second-order valence-electron chi connectivity index (χ2n) is 4.58. The standard InChI is InChI=1S/C15H16FNO2/c1-3-17(16)15(2,14(18)19)13-10-6-8-11-7-4-5-9-12(11)13/h4-10H,3H2,1-2H3,(H,18,19)/t15-/m1/s1. The quantitative estimate of drug-likeness (QED) is 0.858. The molecule has 0 spiro atoms. The molecule has 4 heteroatoms. The van der Waals surface area contributed by atoms with Crippen molar-refractivity contribution in [2.45, 2.75) is 19.4 Å². The summed E-state index contributed by atoms with van der Waals surface area (Å²) in [5, 5.41) is 11.5. The fourth-order valence-corrected chi connectivity index (χ4v) is 2.32. The summed E-state index contributed by atoms with van der Waals surface area (Å²) >= 11 is 0. The maximum atomic E-state index is 14.1. The molecule has 0 aliphatic heterocycles. The maximum Gasteiger partial charge on any atom is 0.331 e. The molecular weight excluding hydrogens is 245 g/mol. The van der Waals surface area contributed by atoms with Crippen LogP contribution in [-0.2, 0) is 10.3 Å². The van der Waals surface area contributed by atoms with Crippen molar-refractivity contribution in [2.24, 2.45) is 0 Å². The Bertz CT molecular complexity index is 609. The van der Waals surface area contributed by atoms with Gasteiger partial charge in [0.2, 0.25) is 0 Å². The third kappa shape index (κ3) is 2.08. The monoisotopic (exact) mass is 261 g/mol. The van der Waals surface area contributed by atoms with Crippen LogP contribution in [-0.4, -0.2) is 22.7 Å². The van der Waals surface area contributed by atoms with Gasteiger partial charge in [-0.2, -0.15) is 0 Å². The van der Waals surface area contributed by atoms with Gasteiger partial charge in [0.1, 0.15) is 0 Å². The highest BCUT2D eigenvalue weighted by Crippen LogP contribution is 2.34. The Morgan fingerprint density at radius 2 is 1.89 bits per heavy atom. The fourth-order valence-electron chi connectivity index (χ4n) is 2.32. The van der Waals surface area contributed by atoms with E-state index in [1.807, 2.05) is 30.3 Å². The van der Waals surface area contributed by atoms with Crippen molar-refractivity contribution in [1.82, 2.24) is 5.12 Å². The number of aliphatic carboxylic acids is 1. The number of rotatable bonds is 4. The SMILES string of the molecule is CCN(F)[C@@](C)(C(=O)O)c1cccc2ccccc12. The highest BCUT2D eigenvalue weighted by atomic mass is 19.2. The summed E-state index contributed by atoms with van der Waals surface area (Å²) < 4.78 is 14.1. The Morgan fingerprint density at radius 3 is 2.53 bits per heavy atom. The third-order valence-electron chi connectivity index (χ3n) is 3.49. The van der Waals surface area contributed by atoms with Crippen LogP contribution in [0.1, 0.15) is 19.4 Å². The van der Waals surface area contributed by atoms with Gasteiger partial charge in [0.25, 0.3) is 0 Å². The molecule has 0 aliphatic carbocycles. The zero-order chi connectivity index (χ0) is 14.0. The minimum atomic E-state index is -1.68. The van der Waals surface area contributed by atoms with Crippen LogP contribution in [0.2, 0.25) is 0 Å². The molecule has 0 amide bonds. The number of hydrogen-bond donors (Lipinski definition) is 1. The van der Waals surface area contributed by atoms with Gasteiger partial charge < -0.3 is 5.11 Å². The minimum Gasteiger partial charge on any atom is -0.480 e. The number of halogens is 1. The van der Waals surface area contributed by atoms with Crippen molar-refractivity contribution >= 4 is 16.7 Å². The van der Waals surface area contributed by atoms with Gasteiger partial charge in [0.05, 0.1) is 0 Å². The average molecular weight is 261 g/mol. The number of likely N-dealkylation sites (N-methyl/N-ethyl adjacent to an activating group) is 1. The topological polar surface area (TPSA) is 40.5 Å². The first kappa shape index (κ1) is 13.5. The number of benzene rings is 2. The van der Waals surface area contributed by atoms with E-state index >= 15 is 0 Å². The van der Waals surface area contributed by atoms with E-state index in [9.17, 15) is 14.4 Å². The van der Waals surface area contributed by atoms with Gasteiger partial charge in [-0.25, -0.2) is 4.79 Å². The van der Waals surface area contributed by atoms with E-state index in [2.05, 4.69) is 0 Å². The molecule has 0 fully saturated rings. The molecule has 0 aliphatic rings. The summed E-state index contributed by atoms with van der Waals surface area (Å²) in [4.78, 5) is 11.6. The lowest BCUT2D eigenvalue weighted by molar-refractivity contribution is -0.166. The van der Waals surface area contributed by atoms with Gasteiger partial charge in [-0.3, -0.25) is 0 Å². The van der Waals surface area contributed by atoms with Crippen LogP contribution >= 0.6 is 0 Å². The Hall–Kier alpha value is -1.94. The zero-order valence-corrected chi connectivity index (χ0v) is 10.9. The van der Waals surface area contributed by atoms with Crippen LogP contribution in [0.4, 0.5) is 4.48 Å². The molecule has 0 saturated heterocycles. The van der Waals surface area contributed by atoms with E-state index < -0.39 is 11.5 Å². The molecule has 0 heterocycles. The van der Waals surface area contributed by atoms with Crippen molar-refractivity contribution in [1.29, 1.82) is 0 Å². The Morgan fingerprint density at radius 1 is 1.26 bits per heavy atom. The van der Waals surface area contributed by atoms with Gasteiger partial charge in [-0.15, -0.1) is 9.60 Å². The summed E-state index contributed by atoms with van der Waals surface area (Å²) in [6.45, 7) is 2.99. The molecule has 0 aromatic heterocycles. The third-order valence-corrected chi connectivity index (χ3v) is 3.49. The first-order chi connectivity index (χ1) is 9.01. The molecule has 0 radical (unpaired) electrons. The van der Waals surface area contributed by atoms with Crippen LogP contribution in [0.25, 0.3) is 10.8 Å². The van der Waals surface area contributed by atoms with Gasteiger partial charge in [0, 0.05) is 6.54 Å². The number of hydrogen-bond acceptors (Lipinski definition) is 2. The molecule has 1 N–H and O–H groups in total. The highest BCUT2D eigenvalue weighted by molar-refractivity contribution is 5.92. The van der Waals surface area contributed by atoms with E-state index in [1.165, 1.54) is 6.92 Å². The number of nitrogens with zero attached hydrogens (tertiary/aromatic N) is 1. The summed E-state index contributed by atoms with van der Waals surface area (Å²) in [5.74, 6) is -1.20. The molecule has 19 heavy (non-hydrogen) atoms. The first-order valence-corrected chi connectivity index (χ1v) is 6.17. The summed E-state index contributed by atoms with van der Waals surface area (Å²) in [5.41, 5.74) is -1.22. The lowest BCUT2D eigenvalue weighted by Gasteiger charge is -2.31. The van der Waals surface area contributed by atoms with Gasteiger partial charge >= 0.3 is 5.97 Å². The Balaban J connectivity index is 2.73. The first-order valence-electron chi connectivity index (χ1n) is 6.17. The minimum absolute atomic E-state index is 0.00597. The van der Waals surface area contributed by atoms with Crippen molar-refractivity contribution in [3.05, 3.63) is 48.0 Å². The number of carboxylic acid groups (broad SMARTS) is 1. The predicted molar refractivity (Wildman–Crippen MR) is 72.4 cm³/mol. The van der Waals surface area contributed by atoms with E-state index in [1.54, 1.807) is 19.1 Å². The lowest BCUT2D eigenvalue weighted by Crippen LogP contribution is -2.45. The molecule has 0 unspecified atom stereocenters. The van der Waals surface area contributed by atoms with Crippen LogP contribution < -0.4 is 0 Å². The molecule has 100 valence electrons. The lowest BCUT2D eigenvalue weighted by atomic mass is 9.87. The maximum absolute atomic E-state index is 14.1. The molecule has 2 aromatic carbocycles. The molecule has 1 atom stereocenters. The molecule has 0 saturated carbocycles. The molecule has 2 aromatic rings.